The Morgan fingerprint density at radius 3 is 1.95 bits per heavy atom. The van der Waals surface area contributed by atoms with Crippen LogP contribution in [-0.2, 0) is 9.47 Å². The predicted molar refractivity (Wildman–Crippen MR) is 86.4 cm³/mol. The Hall–Kier alpha value is -0.160. The van der Waals surface area contributed by atoms with Crippen molar-refractivity contribution in [2.75, 3.05) is 52.6 Å². The average Bonchev–Trinajstić information content (AvgIpc) is 2.46. The van der Waals surface area contributed by atoms with Crippen LogP contribution in [0.2, 0.25) is 0 Å². The highest BCUT2D eigenvalue weighted by Crippen LogP contribution is 2.03. The molecule has 0 spiro atoms. The van der Waals surface area contributed by atoms with Gasteiger partial charge in [-0.3, -0.25) is 4.90 Å². The number of rotatable bonds is 15. The first-order chi connectivity index (χ1) is 9.78. The van der Waals surface area contributed by atoms with Gasteiger partial charge in [-0.25, -0.2) is 0 Å². The van der Waals surface area contributed by atoms with Crippen LogP contribution < -0.4 is 5.32 Å². The normalized spacial score (nSPS) is 13.1. The average molecular weight is 288 g/mol. The molecule has 0 aliphatic heterocycles. The molecule has 0 radical (unpaired) electrons. The summed E-state index contributed by atoms with van der Waals surface area (Å²) in [7, 11) is 0. The summed E-state index contributed by atoms with van der Waals surface area (Å²) in [6.07, 6.45) is 3.71. The SMILES string of the molecule is CCNC(CC)CCCN(CCOCC)CCOCC. The van der Waals surface area contributed by atoms with E-state index in [1.54, 1.807) is 0 Å². The van der Waals surface area contributed by atoms with Gasteiger partial charge in [0.15, 0.2) is 0 Å². The van der Waals surface area contributed by atoms with Crippen molar-refractivity contribution in [1.82, 2.24) is 10.2 Å². The van der Waals surface area contributed by atoms with E-state index in [2.05, 4.69) is 24.1 Å². The smallest absolute Gasteiger partial charge is 0.0593 e. The van der Waals surface area contributed by atoms with Gasteiger partial charge in [0.05, 0.1) is 13.2 Å². The molecule has 20 heavy (non-hydrogen) atoms. The second-order valence-corrected chi connectivity index (χ2v) is 5.04. The molecule has 0 fully saturated rings. The van der Waals surface area contributed by atoms with Crippen LogP contribution in [0.25, 0.3) is 0 Å². The van der Waals surface area contributed by atoms with Gasteiger partial charge >= 0.3 is 0 Å². The van der Waals surface area contributed by atoms with E-state index in [0.717, 1.165) is 52.6 Å². The van der Waals surface area contributed by atoms with Crippen molar-refractivity contribution in [1.29, 1.82) is 0 Å². The zero-order valence-electron chi connectivity index (χ0n) is 14.1. The first-order valence-corrected chi connectivity index (χ1v) is 8.39. The third-order valence-electron chi connectivity index (χ3n) is 3.52. The van der Waals surface area contributed by atoms with E-state index < -0.39 is 0 Å². The minimum absolute atomic E-state index is 0.667. The van der Waals surface area contributed by atoms with Crippen molar-refractivity contribution >= 4 is 0 Å². The fourth-order valence-electron chi connectivity index (χ4n) is 2.31. The molecule has 0 amide bonds. The van der Waals surface area contributed by atoms with E-state index in [1.165, 1.54) is 19.3 Å². The van der Waals surface area contributed by atoms with E-state index in [4.69, 9.17) is 9.47 Å². The van der Waals surface area contributed by atoms with Crippen LogP contribution in [0, 0.1) is 0 Å². The Morgan fingerprint density at radius 2 is 1.50 bits per heavy atom. The number of hydrogen-bond donors (Lipinski definition) is 1. The molecule has 1 N–H and O–H groups in total. The monoisotopic (exact) mass is 288 g/mol. The third kappa shape index (κ3) is 11.6. The van der Waals surface area contributed by atoms with Crippen LogP contribution in [-0.4, -0.2) is 63.5 Å². The lowest BCUT2D eigenvalue weighted by atomic mass is 10.1. The minimum atomic E-state index is 0.667. The number of nitrogens with one attached hydrogen (secondary N) is 1. The quantitative estimate of drug-likeness (QED) is 0.470. The first-order valence-electron chi connectivity index (χ1n) is 8.39. The highest BCUT2D eigenvalue weighted by atomic mass is 16.5. The molecule has 0 aromatic heterocycles. The van der Waals surface area contributed by atoms with E-state index in [1.807, 2.05) is 13.8 Å². The van der Waals surface area contributed by atoms with Gasteiger partial charge in [-0.05, 0) is 46.2 Å². The first kappa shape index (κ1) is 19.8. The second-order valence-electron chi connectivity index (χ2n) is 5.04. The number of ether oxygens (including phenoxy) is 2. The van der Waals surface area contributed by atoms with Crippen molar-refractivity contribution in [3.8, 4) is 0 Å². The highest BCUT2D eigenvalue weighted by Gasteiger charge is 2.08. The third-order valence-corrected chi connectivity index (χ3v) is 3.52. The summed E-state index contributed by atoms with van der Waals surface area (Å²) >= 11 is 0. The maximum Gasteiger partial charge on any atom is 0.0593 e. The van der Waals surface area contributed by atoms with Gasteiger partial charge < -0.3 is 14.8 Å². The fraction of sp³-hybridized carbons (Fsp3) is 1.00. The van der Waals surface area contributed by atoms with Gasteiger partial charge in [0.1, 0.15) is 0 Å². The Morgan fingerprint density at radius 1 is 0.900 bits per heavy atom. The summed E-state index contributed by atoms with van der Waals surface area (Å²) in [4.78, 5) is 2.46. The molecule has 0 heterocycles. The predicted octanol–water partition coefficient (Wildman–Crippen LogP) is 2.53. The van der Waals surface area contributed by atoms with Gasteiger partial charge in [-0.2, -0.15) is 0 Å². The maximum absolute atomic E-state index is 5.46. The summed E-state index contributed by atoms with van der Waals surface area (Å²) in [5, 5.41) is 3.54. The van der Waals surface area contributed by atoms with E-state index in [-0.39, 0.29) is 0 Å². The van der Waals surface area contributed by atoms with Crippen LogP contribution in [0.4, 0.5) is 0 Å². The highest BCUT2D eigenvalue weighted by molar-refractivity contribution is 4.66. The lowest BCUT2D eigenvalue weighted by Gasteiger charge is -2.23. The minimum Gasteiger partial charge on any atom is -0.380 e. The van der Waals surface area contributed by atoms with Crippen molar-refractivity contribution in [3.05, 3.63) is 0 Å². The Bertz CT molecular complexity index is 181. The van der Waals surface area contributed by atoms with Crippen molar-refractivity contribution in [2.45, 2.75) is 53.0 Å². The molecule has 0 bridgehead atoms. The summed E-state index contributed by atoms with van der Waals surface area (Å²) in [5.41, 5.74) is 0. The topological polar surface area (TPSA) is 33.7 Å². The van der Waals surface area contributed by atoms with Crippen LogP contribution >= 0.6 is 0 Å². The number of hydrogen-bond acceptors (Lipinski definition) is 4. The lowest BCUT2D eigenvalue weighted by Crippen LogP contribution is -2.34. The molecule has 0 aromatic rings. The second kappa shape index (κ2) is 15.2. The van der Waals surface area contributed by atoms with Crippen LogP contribution in [0.5, 0.6) is 0 Å². The maximum atomic E-state index is 5.46. The van der Waals surface area contributed by atoms with Crippen molar-refractivity contribution in [3.63, 3.8) is 0 Å². The fourth-order valence-corrected chi connectivity index (χ4v) is 2.31. The molecule has 0 saturated heterocycles. The van der Waals surface area contributed by atoms with Gasteiger partial charge in [-0.15, -0.1) is 0 Å². The summed E-state index contributed by atoms with van der Waals surface area (Å²) in [5.74, 6) is 0. The summed E-state index contributed by atoms with van der Waals surface area (Å²) in [6, 6.07) is 0.667. The van der Waals surface area contributed by atoms with Gasteiger partial charge in [-0.1, -0.05) is 13.8 Å². The largest absolute Gasteiger partial charge is 0.380 e. The standard InChI is InChI=1S/C16H36N2O2/c1-5-16(17-6-2)10-9-11-18(12-14-19-7-3)13-15-20-8-4/h16-17H,5-15H2,1-4H3. The van der Waals surface area contributed by atoms with Gasteiger partial charge in [0.25, 0.3) is 0 Å². The van der Waals surface area contributed by atoms with E-state index in [0.29, 0.717) is 6.04 Å². The van der Waals surface area contributed by atoms with E-state index >= 15 is 0 Å². The van der Waals surface area contributed by atoms with Crippen LogP contribution in [0.3, 0.4) is 0 Å². The van der Waals surface area contributed by atoms with Gasteiger partial charge in [0.2, 0.25) is 0 Å². The van der Waals surface area contributed by atoms with Crippen molar-refractivity contribution in [2.24, 2.45) is 0 Å². The van der Waals surface area contributed by atoms with Crippen molar-refractivity contribution < 1.29 is 9.47 Å². The Labute approximate surface area is 126 Å². The zero-order valence-corrected chi connectivity index (χ0v) is 14.1. The molecule has 4 nitrogen and oxygen atoms in total. The van der Waals surface area contributed by atoms with Gasteiger partial charge in [0, 0.05) is 32.3 Å². The Kier molecular flexibility index (Phi) is 15.1. The Balaban J connectivity index is 3.86. The molecule has 0 aliphatic carbocycles. The van der Waals surface area contributed by atoms with Crippen LogP contribution in [0.1, 0.15) is 47.0 Å². The molecule has 0 rings (SSSR count). The van der Waals surface area contributed by atoms with E-state index in [9.17, 15) is 0 Å². The molecule has 0 aliphatic rings. The molecule has 0 saturated carbocycles. The lowest BCUT2D eigenvalue weighted by molar-refractivity contribution is 0.0817. The van der Waals surface area contributed by atoms with Crippen LogP contribution in [0.15, 0.2) is 0 Å². The molecule has 1 unspecified atom stereocenters. The molecule has 4 heteroatoms. The molecular formula is C16H36N2O2. The molecule has 122 valence electrons. The molecule has 0 aromatic carbocycles. The number of nitrogens with zero attached hydrogens (tertiary/aromatic N) is 1. The summed E-state index contributed by atoms with van der Waals surface area (Å²) in [6.45, 7) is 16.0. The zero-order chi connectivity index (χ0) is 15.1. The molecular weight excluding hydrogens is 252 g/mol. The summed E-state index contributed by atoms with van der Waals surface area (Å²) < 4.78 is 10.9. The molecule has 1 atom stereocenters.